The second-order valence-electron chi connectivity index (χ2n) is 9.15. The van der Waals surface area contributed by atoms with Crippen molar-refractivity contribution in [2.24, 2.45) is 0 Å². The Bertz CT molecular complexity index is 1470. The highest BCUT2D eigenvalue weighted by Crippen LogP contribution is 2.28. The van der Waals surface area contributed by atoms with E-state index in [9.17, 15) is 19.2 Å². The van der Waals surface area contributed by atoms with Gasteiger partial charge in [0, 0.05) is 6.42 Å². The average molecular weight is 535 g/mol. The van der Waals surface area contributed by atoms with Crippen LogP contribution in [0.1, 0.15) is 37.4 Å². The summed E-state index contributed by atoms with van der Waals surface area (Å²) in [7, 11) is 0. The van der Waals surface area contributed by atoms with Crippen LogP contribution < -0.4 is 0 Å². The van der Waals surface area contributed by atoms with Crippen LogP contribution in [0, 0.1) is 0 Å². The summed E-state index contributed by atoms with van der Waals surface area (Å²) < 4.78 is 11.2. The molecule has 0 aromatic heterocycles. The molecule has 5 rings (SSSR count). The molecule has 1 atom stereocenters. The van der Waals surface area contributed by atoms with Crippen molar-refractivity contribution < 1.29 is 28.7 Å². The van der Waals surface area contributed by atoms with E-state index in [1.807, 2.05) is 30.3 Å². The van der Waals surface area contributed by atoms with Crippen LogP contribution in [0.25, 0.3) is 0 Å². The van der Waals surface area contributed by atoms with E-state index >= 15 is 0 Å². The number of fused-ring (bicyclic) bond motifs is 1. The SMILES string of the molecule is O=C(OCc1ccccc1)[C@@H](Cc1ccccc1)N(C(=O)OCc1ccccc1)N1C(=O)c2ccccc2C1=O. The second-order valence-corrected chi connectivity index (χ2v) is 9.15. The van der Waals surface area contributed by atoms with Gasteiger partial charge in [0.05, 0.1) is 11.1 Å². The fourth-order valence-electron chi connectivity index (χ4n) is 4.44. The monoisotopic (exact) mass is 534 g/mol. The molecule has 0 aliphatic carbocycles. The van der Waals surface area contributed by atoms with Crippen molar-refractivity contribution in [2.45, 2.75) is 25.7 Å². The van der Waals surface area contributed by atoms with Crippen LogP contribution in [0.2, 0.25) is 0 Å². The van der Waals surface area contributed by atoms with Crippen LogP contribution in [0.3, 0.4) is 0 Å². The zero-order valence-corrected chi connectivity index (χ0v) is 21.5. The Hall–Kier alpha value is -5.24. The Morgan fingerprint density at radius 2 is 1.02 bits per heavy atom. The normalized spacial score (nSPS) is 12.9. The van der Waals surface area contributed by atoms with E-state index in [-0.39, 0.29) is 30.8 Å². The smallest absolute Gasteiger partial charge is 0.430 e. The Morgan fingerprint density at radius 1 is 0.600 bits per heavy atom. The fourth-order valence-corrected chi connectivity index (χ4v) is 4.44. The molecule has 0 spiro atoms. The number of amides is 3. The Kier molecular flexibility index (Phi) is 7.97. The van der Waals surface area contributed by atoms with Gasteiger partial charge in [-0.2, -0.15) is 10.0 Å². The van der Waals surface area contributed by atoms with Crippen molar-refractivity contribution >= 4 is 23.9 Å². The molecular weight excluding hydrogens is 508 g/mol. The van der Waals surface area contributed by atoms with Crippen LogP contribution >= 0.6 is 0 Å². The van der Waals surface area contributed by atoms with Gasteiger partial charge in [0.1, 0.15) is 13.2 Å². The molecule has 40 heavy (non-hydrogen) atoms. The molecule has 8 heteroatoms. The molecular formula is C32H26N2O6. The molecule has 4 aromatic carbocycles. The highest BCUT2D eigenvalue weighted by molar-refractivity contribution is 6.21. The summed E-state index contributed by atoms with van der Waals surface area (Å²) in [6, 6.07) is 31.9. The summed E-state index contributed by atoms with van der Waals surface area (Å²) in [5, 5.41) is 1.49. The van der Waals surface area contributed by atoms with Gasteiger partial charge >= 0.3 is 12.1 Å². The van der Waals surface area contributed by atoms with Gasteiger partial charge in [-0.05, 0) is 28.8 Å². The predicted octanol–water partition coefficient (Wildman–Crippen LogP) is 5.19. The van der Waals surface area contributed by atoms with E-state index in [1.165, 1.54) is 12.1 Å². The van der Waals surface area contributed by atoms with Crippen molar-refractivity contribution in [1.82, 2.24) is 10.0 Å². The molecule has 4 aromatic rings. The molecule has 200 valence electrons. The first-order valence-corrected chi connectivity index (χ1v) is 12.7. The number of hydrogen-bond donors (Lipinski definition) is 0. The minimum absolute atomic E-state index is 0.0255. The van der Waals surface area contributed by atoms with E-state index < -0.39 is 29.9 Å². The van der Waals surface area contributed by atoms with E-state index in [0.29, 0.717) is 16.1 Å². The van der Waals surface area contributed by atoms with Gasteiger partial charge in [0.2, 0.25) is 0 Å². The van der Waals surface area contributed by atoms with Gasteiger partial charge in [0.25, 0.3) is 11.8 Å². The number of carbonyl (C=O) groups is 4. The number of rotatable bonds is 9. The molecule has 0 radical (unpaired) electrons. The first-order chi connectivity index (χ1) is 19.5. The maximum atomic E-state index is 13.7. The largest absolute Gasteiger partial charge is 0.459 e. The number of hydrazine groups is 1. The second kappa shape index (κ2) is 12.1. The lowest BCUT2D eigenvalue weighted by atomic mass is 10.1. The van der Waals surface area contributed by atoms with Gasteiger partial charge in [0.15, 0.2) is 6.04 Å². The molecule has 1 aliphatic rings. The van der Waals surface area contributed by atoms with Gasteiger partial charge in [-0.3, -0.25) is 9.59 Å². The minimum Gasteiger partial charge on any atom is -0.459 e. The van der Waals surface area contributed by atoms with Gasteiger partial charge in [-0.25, -0.2) is 9.59 Å². The van der Waals surface area contributed by atoms with Crippen LogP contribution in [0.4, 0.5) is 4.79 Å². The molecule has 1 aliphatic heterocycles. The number of benzene rings is 4. The lowest BCUT2D eigenvalue weighted by molar-refractivity contribution is -0.154. The highest BCUT2D eigenvalue weighted by atomic mass is 16.6. The quantitative estimate of drug-likeness (QED) is 0.217. The number of ether oxygens (including phenoxy) is 2. The van der Waals surface area contributed by atoms with Crippen LogP contribution in [-0.2, 0) is 33.9 Å². The standard InChI is InChI=1S/C32H26N2O6/c35-29-26-18-10-11-19-27(26)30(36)34(29)33(32(38)40-22-25-16-8-3-9-17-25)28(20-23-12-4-1-5-13-23)31(37)39-21-24-14-6-2-7-15-24/h1-19,28H,20-22H2/t28-/m1/s1. The molecule has 0 fully saturated rings. The number of esters is 1. The zero-order chi connectivity index (χ0) is 27.9. The first kappa shape index (κ1) is 26.4. The lowest BCUT2D eigenvalue weighted by Crippen LogP contribution is -2.58. The van der Waals surface area contributed by atoms with Gasteiger partial charge in [-0.1, -0.05) is 103 Å². The lowest BCUT2D eigenvalue weighted by Gasteiger charge is -2.34. The third kappa shape index (κ3) is 5.76. The Morgan fingerprint density at radius 3 is 1.52 bits per heavy atom. The van der Waals surface area contributed by atoms with E-state index in [0.717, 1.165) is 10.6 Å². The van der Waals surface area contributed by atoms with E-state index in [2.05, 4.69) is 0 Å². The summed E-state index contributed by atoms with van der Waals surface area (Å²) in [6.07, 6.45) is -1.06. The number of carbonyl (C=O) groups excluding carboxylic acids is 4. The predicted molar refractivity (Wildman–Crippen MR) is 146 cm³/mol. The molecule has 0 saturated heterocycles. The Labute approximate surface area is 231 Å². The topological polar surface area (TPSA) is 93.2 Å². The minimum atomic E-state index is -1.38. The molecule has 0 N–H and O–H groups in total. The zero-order valence-electron chi connectivity index (χ0n) is 21.5. The van der Waals surface area contributed by atoms with Crippen LogP contribution in [0.15, 0.2) is 115 Å². The third-order valence-electron chi connectivity index (χ3n) is 6.44. The summed E-state index contributed by atoms with van der Waals surface area (Å²) >= 11 is 0. The summed E-state index contributed by atoms with van der Waals surface area (Å²) in [4.78, 5) is 54.3. The Balaban J connectivity index is 1.51. The summed E-state index contributed by atoms with van der Waals surface area (Å²) in [5.74, 6) is -2.25. The van der Waals surface area contributed by atoms with Crippen molar-refractivity contribution in [3.05, 3.63) is 143 Å². The van der Waals surface area contributed by atoms with E-state index in [1.54, 1.807) is 72.8 Å². The van der Waals surface area contributed by atoms with Crippen molar-refractivity contribution in [2.75, 3.05) is 0 Å². The van der Waals surface area contributed by atoms with Crippen molar-refractivity contribution in [1.29, 1.82) is 0 Å². The van der Waals surface area contributed by atoms with Gasteiger partial charge < -0.3 is 9.47 Å². The molecule has 1 heterocycles. The number of imide groups is 1. The van der Waals surface area contributed by atoms with Crippen LogP contribution in [0.5, 0.6) is 0 Å². The molecule has 3 amide bonds. The number of nitrogens with zero attached hydrogens (tertiary/aromatic N) is 2. The average Bonchev–Trinajstić information content (AvgIpc) is 3.25. The first-order valence-electron chi connectivity index (χ1n) is 12.7. The van der Waals surface area contributed by atoms with Crippen LogP contribution in [-0.4, -0.2) is 39.9 Å². The number of hydrogen-bond acceptors (Lipinski definition) is 6. The molecule has 8 nitrogen and oxygen atoms in total. The highest BCUT2D eigenvalue weighted by Gasteiger charge is 2.47. The summed E-state index contributed by atoms with van der Waals surface area (Å²) in [6.45, 7) is -0.184. The summed E-state index contributed by atoms with van der Waals surface area (Å²) in [5.41, 5.74) is 2.40. The molecule has 0 saturated carbocycles. The van der Waals surface area contributed by atoms with E-state index in [4.69, 9.17) is 9.47 Å². The molecule has 0 bridgehead atoms. The fraction of sp³-hybridized carbons (Fsp3) is 0.125. The maximum absolute atomic E-state index is 13.7. The maximum Gasteiger partial charge on any atom is 0.430 e. The van der Waals surface area contributed by atoms with Crippen molar-refractivity contribution in [3.8, 4) is 0 Å². The molecule has 0 unspecified atom stereocenters. The van der Waals surface area contributed by atoms with Gasteiger partial charge in [-0.15, -0.1) is 0 Å². The third-order valence-corrected chi connectivity index (χ3v) is 6.44. The van der Waals surface area contributed by atoms with Crippen molar-refractivity contribution in [3.63, 3.8) is 0 Å².